The molecular weight excluding hydrogens is 126 g/mol. The van der Waals surface area contributed by atoms with Crippen LogP contribution in [0.4, 0.5) is 0 Å². The lowest BCUT2D eigenvalue weighted by molar-refractivity contribution is -0.306. The van der Waals surface area contributed by atoms with Crippen molar-refractivity contribution in [1.82, 2.24) is 0 Å². The summed E-state index contributed by atoms with van der Waals surface area (Å²) >= 11 is 0. The lowest BCUT2D eigenvalue weighted by Gasteiger charge is -2.08. The molecule has 5 nitrogen and oxygen atoms in total. The Morgan fingerprint density at radius 3 is 2.22 bits per heavy atom. The normalized spacial score (nSPS) is 12.2. The third-order valence-electron chi connectivity index (χ3n) is 0.709. The molecular formula is C4H6NO4-. The highest BCUT2D eigenvalue weighted by Gasteiger charge is 2.13. The van der Waals surface area contributed by atoms with Crippen LogP contribution in [-0.2, 0) is 14.3 Å². The number of ether oxygens (including phenoxy) is 1. The molecule has 1 atom stereocenters. The van der Waals surface area contributed by atoms with Crippen LogP contribution in [0.2, 0.25) is 0 Å². The average Bonchev–Trinajstić information content (AvgIpc) is 1.84. The molecule has 0 aliphatic heterocycles. The van der Waals surface area contributed by atoms with Gasteiger partial charge in [-0.1, -0.05) is 0 Å². The molecule has 5 heteroatoms. The minimum absolute atomic E-state index is 1.00. The van der Waals surface area contributed by atoms with Crippen molar-refractivity contribution in [1.29, 1.82) is 0 Å². The Morgan fingerprint density at radius 1 is 1.67 bits per heavy atom. The van der Waals surface area contributed by atoms with E-state index in [1.165, 1.54) is 0 Å². The van der Waals surface area contributed by atoms with E-state index in [-0.39, 0.29) is 0 Å². The Labute approximate surface area is 51.4 Å². The van der Waals surface area contributed by atoms with E-state index in [9.17, 15) is 14.7 Å². The molecule has 0 aromatic heterocycles. The van der Waals surface area contributed by atoms with Crippen molar-refractivity contribution in [2.24, 2.45) is 5.73 Å². The molecule has 0 rings (SSSR count). The second-order valence-corrected chi connectivity index (χ2v) is 1.32. The van der Waals surface area contributed by atoms with E-state index in [4.69, 9.17) is 5.73 Å². The maximum absolute atomic E-state index is 10.2. The highest BCUT2D eigenvalue weighted by molar-refractivity contribution is 5.96. The largest absolute Gasteiger partial charge is 0.548 e. The van der Waals surface area contributed by atoms with Gasteiger partial charge in [0.05, 0.1) is 13.1 Å². The van der Waals surface area contributed by atoms with Gasteiger partial charge < -0.3 is 20.4 Å². The number of rotatable bonds is 2. The van der Waals surface area contributed by atoms with Gasteiger partial charge in [0.15, 0.2) is 0 Å². The molecule has 0 heterocycles. The number of carboxylic acid groups (broad SMARTS) is 1. The molecule has 0 aliphatic carbocycles. The number of nitrogens with two attached hydrogens (primary N) is 1. The van der Waals surface area contributed by atoms with E-state index in [0.717, 1.165) is 7.11 Å². The molecule has 0 amide bonds. The highest BCUT2D eigenvalue weighted by atomic mass is 16.5. The van der Waals surface area contributed by atoms with E-state index < -0.39 is 18.0 Å². The van der Waals surface area contributed by atoms with Gasteiger partial charge in [0, 0.05) is 0 Å². The van der Waals surface area contributed by atoms with Crippen molar-refractivity contribution < 1.29 is 19.4 Å². The van der Waals surface area contributed by atoms with Crippen LogP contribution in [0, 0.1) is 0 Å². The second-order valence-electron chi connectivity index (χ2n) is 1.32. The van der Waals surface area contributed by atoms with Crippen LogP contribution in [0.15, 0.2) is 0 Å². The van der Waals surface area contributed by atoms with Crippen LogP contribution in [0.3, 0.4) is 0 Å². The summed E-state index contributed by atoms with van der Waals surface area (Å²) in [6, 6.07) is -1.67. The second kappa shape index (κ2) is 3.03. The molecule has 0 saturated carbocycles. The third-order valence-corrected chi connectivity index (χ3v) is 0.709. The molecule has 0 saturated heterocycles. The van der Waals surface area contributed by atoms with Crippen LogP contribution in [0.1, 0.15) is 0 Å². The van der Waals surface area contributed by atoms with Crippen LogP contribution in [0.25, 0.3) is 0 Å². The maximum Gasteiger partial charge on any atom is 0.328 e. The van der Waals surface area contributed by atoms with Gasteiger partial charge in [-0.2, -0.15) is 0 Å². The fraction of sp³-hybridized carbons (Fsp3) is 0.500. The Morgan fingerprint density at radius 2 is 2.11 bits per heavy atom. The number of methoxy groups -OCH3 is 1. The predicted molar refractivity (Wildman–Crippen MR) is 25.0 cm³/mol. The van der Waals surface area contributed by atoms with Gasteiger partial charge in [-0.3, -0.25) is 0 Å². The summed E-state index contributed by atoms with van der Waals surface area (Å²) in [5, 5.41) is 9.76. The minimum Gasteiger partial charge on any atom is -0.548 e. The SMILES string of the molecule is COC(=O)C(N)C(=O)[O-]. The quantitative estimate of drug-likeness (QED) is 0.324. The fourth-order valence-electron chi connectivity index (χ4n) is 0.223. The Bertz CT molecular complexity index is 133. The number of esters is 1. The van der Waals surface area contributed by atoms with E-state index >= 15 is 0 Å². The zero-order valence-electron chi connectivity index (χ0n) is 4.79. The molecule has 0 fully saturated rings. The molecule has 2 N–H and O–H groups in total. The maximum atomic E-state index is 10.2. The van der Waals surface area contributed by atoms with Gasteiger partial charge in [-0.05, 0) is 0 Å². The smallest absolute Gasteiger partial charge is 0.328 e. The molecule has 1 unspecified atom stereocenters. The van der Waals surface area contributed by atoms with Crippen LogP contribution < -0.4 is 10.8 Å². The number of hydrogen-bond donors (Lipinski definition) is 1. The first kappa shape index (κ1) is 7.90. The van der Waals surface area contributed by atoms with Crippen molar-refractivity contribution in [3.05, 3.63) is 0 Å². The van der Waals surface area contributed by atoms with Crippen molar-refractivity contribution in [2.75, 3.05) is 7.11 Å². The zero-order chi connectivity index (χ0) is 7.44. The lowest BCUT2D eigenvalue weighted by Crippen LogP contribution is -2.47. The van der Waals surface area contributed by atoms with E-state index in [1.54, 1.807) is 0 Å². The molecule has 0 spiro atoms. The standard InChI is InChI=1S/C4H7NO4/c1-9-4(8)2(5)3(6)7/h2H,5H2,1H3,(H,6,7)/p-1. The van der Waals surface area contributed by atoms with Crippen molar-refractivity contribution in [3.63, 3.8) is 0 Å². The molecule has 0 bridgehead atoms. The van der Waals surface area contributed by atoms with Gasteiger partial charge in [0.2, 0.25) is 0 Å². The first-order valence-corrected chi connectivity index (χ1v) is 2.14. The molecule has 0 aromatic rings. The summed E-state index contributed by atoms with van der Waals surface area (Å²) in [6.07, 6.45) is 0. The molecule has 0 radical (unpaired) electrons. The number of hydrogen-bond acceptors (Lipinski definition) is 5. The van der Waals surface area contributed by atoms with Crippen LogP contribution in [-0.4, -0.2) is 25.1 Å². The average molecular weight is 132 g/mol. The van der Waals surface area contributed by atoms with Gasteiger partial charge in [-0.25, -0.2) is 4.79 Å². The Balaban J connectivity index is 3.88. The molecule has 52 valence electrons. The van der Waals surface area contributed by atoms with Gasteiger partial charge in [0.1, 0.15) is 6.04 Å². The Kier molecular flexibility index (Phi) is 2.66. The minimum atomic E-state index is -1.67. The van der Waals surface area contributed by atoms with Gasteiger partial charge in [-0.15, -0.1) is 0 Å². The lowest BCUT2D eigenvalue weighted by atomic mass is 10.3. The third kappa shape index (κ3) is 2.09. The molecule has 0 aliphatic rings. The topological polar surface area (TPSA) is 92.5 Å². The summed E-state index contributed by atoms with van der Waals surface area (Å²) in [5.41, 5.74) is 4.73. The zero-order valence-corrected chi connectivity index (χ0v) is 4.79. The number of carbonyl (C=O) groups excluding carboxylic acids is 2. The Hall–Kier alpha value is -1.10. The molecule has 9 heavy (non-hydrogen) atoms. The highest BCUT2D eigenvalue weighted by Crippen LogP contribution is 1.78. The number of aliphatic carboxylic acids is 1. The molecule has 0 aromatic carbocycles. The van der Waals surface area contributed by atoms with E-state index in [1.807, 2.05) is 0 Å². The van der Waals surface area contributed by atoms with Crippen molar-refractivity contribution >= 4 is 11.9 Å². The monoisotopic (exact) mass is 132 g/mol. The summed E-state index contributed by atoms with van der Waals surface area (Å²) in [4.78, 5) is 19.9. The van der Waals surface area contributed by atoms with Crippen LogP contribution in [0.5, 0.6) is 0 Å². The summed E-state index contributed by atoms with van der Waals surface area (Å²) in [6.45, 7) is 0. The first-order valence-electron chi connectivity index (χ1n) is 2.14. The van der Waals surface area contributed by atoms with Crippen molar-refractivity contribution in [2.45, 2.75) is 6.04 Å². The van der Waals surface area contributed by atoms with Crippen molar-refractivity contribution in [3.8, 4) is 0 Å². The van der Waals surface area contributed by atoms with Gasteiger partial charge >= 0.3 is 5.97 Å². The summed E-state index contributed by atoms with van der Waals surface area (Å²) in [5.74, 6) is -2.64. The summed E-state index contributed by atoms with van der Waals surface area (Å²) in [7, 11) is 1.05. The number of carbonyl (C=O) groups is 2. The summed E-state index contributed by atoms with van der Waals surface area (Å²) < 4.78 is 3.99. The van der Waals surface area contributed by atoms with Crippen LogP contribution >= 0.6 is 0 Å². The van der Waals surface area contributed by atoms with E-state index in [0.29, 0.717) is 0 Å². The number of carboxylic acids is 1. The fourth-order valence-corrected chi connectivity index (χ4v) is 0.223. The van der Waals surface area contributed by atoms with Gasteiger partial charge in [0.25, 0.3) is 0 Å². The predicted octanol–water partition coefficient (Wildman–Crippen LogP) is -2.76. The van der Waals surface area contributed by atoms with E-state index in [2.05, 4.69) is 4.74 Å². The first-order chi connectivity index (χ1) is 4.09.